The summed E-state index contributed by atoms with van der Waals surface area (Å²) >= 11 is 12.6. The minimum Gasteiger partial charge on any atom is -0.405 e. The lowest BCUT2D eigenvalue weighted by molar-refractivity contribution is -0.276. The number of halogens is 12. The van der Waals surface area contributed by atoms with E-state index < -0.39 is 12.7 Å². The maximum absolute atomic E-state index is 12.7. The lowest BCUT2D eigenvalue weighted by Crippen LogP contribution is -2.17. The van der Waals surface area contributed by atoms with Crippen LogP contribution in [0.25, 0.3) is 22.3 Å². The summed E-state index contributed by atoms with van der Waals surface area (Å²) in [5, 5.41) is 0. The summed E-state index contributed by atoms with van der Waals surface area (Å²) in [6.45, 7) is 0. The molecular weight excluding hydrogens is 1230 g/mol. The molecule has 4 rings (SSSR count). The molecule has 0 atom stereocenters. The van der Waals surface area contributed by atoms with E-state index in [4.69, 9.17) is 0 Å². The zero-order valence-corrected chi connectivity index (χ0v) is 32.8. The van der Waals surface area contributed by atoms with E-state index in [0.29, 0.717) is 13.6 Å². The lowest BCUT2D eigenvalue weighted by atomic mass is 9.98. The quantitative estimate of drug-likeness (QED) is 0.141. The van der Waals surface area contributed by atoms with Gasteiger partial charge in [-0.2, -0.15) is 0 Å². The van der Waals surface area contributed by atoms with E-state index in [1.807, 2.05) is 45.2 Å². The largest absolute Gasteiger partial charge is 0.573 e. The lowest BCUT2D eigenvalue weighted by Gasteiger charge is -2.16. The number of benzene rings is 4. The van der Waals surface area contributed by atoms with Crippen LogP contribution in [-0.2, 0) is 6.42 Å². The van der Waals surface area contributed by atoms with Crippen LogP contribution >= 0.6 is 136 Å². The van der Waals surface area contributed by atoms with Gasteiger partial charge >= 0.3 is 12.7 Å². The first kappa shape index (κ1) is 34.3. The van der Waals surface area contributed by atoms with Gasteiger partial charge < -0.3 is 9.47 Å². The summed E-state index contributed by atoms with van der Waals surface area (Å²) in [6, 6.07) is 17.5. The van der Waals surface area contributed by atoms with Gasteiger partial charge in [0.15, 0.2) is 0 Å². The fourth-order valence-electron chi connectivity index (χ4n) is 3.97. The molecule has 0 aliphatic rings. The van der Waals surface area contributed by atoms with Crippen LogP contribution in [-0.4, -0.2) is 12.7 Å². The van der Waals surface area contributed by atoms with Gasteiger partial charge in [0.1, 0.15) is 11.5 Å². The average Bonchev–Trinajstić information content (AvgIpc) is 2.80. The van der Waals surface area contributed by atoms with Gasteiger partial charge in [0.2, 0.25) is 0 Å². The number of hydrogen-bond donors (Lipinski definition) is 0. The molecule has 0 spiro atoms. The fraction of sp³-hybridized carbons (Fsp3) is 0.111. The Bertz CT molecular complexity index is 1460. The summed E-state index contributed by atoms with van der Waals surface area (Å²) < 4.78 is 88.7. The standard InChI is InChI=1S/C27H12F6I6O2/c28-26(29,30)40-22-3-1-14(10-16(22)34)24-18(36)6-12(7-19(24)37)5-13-8-20(38)25(21(39)9-13)15-2-4-23(17(35)11-15)41-27(31,32)33/h1-4,6-11H,5H2. The van der Waals surface area contributed by atoms with Crippen LogP contribution in [0.5, 0.6) is 11.5 Å². The van der Waals surface area contributed by atoms with Crippen molar-refractivity contribution in [2.24, 2.45) is 0 Å². The van der Waals surface area contributed by atoms with E-state index in [0.717, 1.165) is 47.7 Å². The highest BCUT2D eigenvalue weighted by Gasteiger charge is 2.33. The molecule has 0 amide bonds. The Balaban J connectivity index is 1.59. The predicted molar refractivity (Wildman–Crippen MR) is 196 cm³/mol. The normalized spacial score (nSPS) is 12.0. The molecule has 41 heavy (non-hydrogen) atoms. The Kier molecular flexibility index (Phi) is 11.6. The van der Waals surface area contributed by atoms with E-state index in [1.54, 1.807) is 24.3 Å². The van der Waals surface area contributed by atoms with Crippen molar-refractivity contribution in [1.82, 2.24) is 0 Å². The zero-order chi connectivity index (χ0) is 30.3. The van der Waals surface area contributed by atoms with Gasteiger partial charge in [0.25, 0.3) is 0 Å². The molecule has 0 bridgehead atoms. The van der Waals surface area contributed by atoms with Gasteiger partial charge in [0, 0.05) is 25.4 Å². The molecule has 14 heteroatoms. The van der Waals surface area contributed by atoms with E-state index in [2.05, 4.69) is 124 Å². The van der Waals surface area contributed by atoms with Gasteiger partial charge in [-0.1, -0.05) is 12.1 Å². The summed E-state index contributed by atoms with van der Waals surface area (Å²) in [5.41, 5.74) is 5.57. The highest BCUT2D eigenvalue weighted by molar-refractivity contribution is 14.1. The monoisotopic (exact) mass is 1240 g/mol. The molecule has 4 aromatic carbocycles. The zero-order valence-electron chi connectivity index (χ0n) is 19.8. The molecule has 0 unspecified atom stereocenters. The van der Waals surface area contributed by atoms with E-state index in [9.17, 15) is 26.3 Å². The van der Waals surface area contributed by atoms with Crippen molar-refractivity contribution in [3.8, 4) is 33.8 Å². The van der Waals surface area contributed by atoms with E-state index in [1.165, 1.54) is 12.1 Å². The highest BCUT2D eigenvalue weighted by atomic mass is 127. The minimum absolute atomic E-state index is 0.239. The van der Waals surface area contributed by atoms with Gasteiger partial charge in [-0.25, -0.2) is 0 Å². The fourth-order valence-corrected chi connectivity index (χ4v) is 10.3. The molecule has 0 saturated heterocycles. The summed E-state index contributed by atoms with van der Waals surface area (Å²) in [4.78, 5) is 0. The van der Waals surface area contributed by atoms with Crippen LogP contribution in [0.3, 0.4) is 0 Å². The second kappa shape index (κ2) is 13.8. The second-order valence-corrected chi connectivity index (χ2v) is 15.4. The van der Waals surface area contributed by atoms with Gasteiger partial charge in [0.05, 0.1) is 7.14 Å². The number of rotatable bonds is 6. The van der Waals surface area contributed by atoms with Crippen LogP contribution in [0.15, 0.2) is 60.7 Å². The Labute approximate surface area is 312 Å². The molecular formula is C27H12F6I6O2. The Morgan fingerprint density at radius 2 is 0.780 bits per heavy atom. The number of hydrogen-bond acceptors (Lipinski definition) is 2. The Morgan fingerprint density at radius 1 is 0.463 bits per heavy atom. The van der Waals surface area contributed by atoms with Crippen molar-refractivity contribution in [2.75, 3.05) is 0 Å². The molecule has 0 aliphatic heterocycles. The third kappa shape index (κ3) is 9.23. The average molecular weight is 1240 g/mol. The molecule has 0 N–H and O–H groups in total. The van der Waals surface area contributed by atoms with Crippen LogP contribution in [0.2, 0.25) is 0 Å². The predicted octanol–water partition coefficient (Wildman–Crippen LogP) is 12.0. The van der Waals surface area contributed by atoms with Crippen LogP contribution in [0.1, 0.15) is 11.1 Å². The third-order valence-corrected chi connectivity index (χ3v) is 10.6. The number of alkyl halides is 6. The van der Waals surface area contributed by atoms with Gasteiger partial charge in [-0.3, -0.25) is 0 Å². The second-order valence-electron chi connectivity index (χ2n) is 8.43. The smallest absolute Gasteiger partial charge is 0.405 e. The van der Waals surface area contributed by atoms with Crippen LogP contribution in [0.4, 0.5) is 26.3 Å². The maximum Gasteiger partial charge on any atom is 0.573 e. The SMILES string of the molecule is FC(F)(F)Oc1ccc(-c2c(I)cc(Cc3cc(I)c(-c4ccc(OC(F)(F)F)c(I)c4)c(I)c3)cc2I)cc1I. The molecule has 0 heterocycles. The molecule has 2 nitrogen and oxygen atoms in total. The molecule has 4 aromatic rings. The van der Waals surface area contributed by atoms with Crippen molar-refractivity contribution < 1.29 is 35.8 Å². The molecule has 0 aliphatic carbocycles. The first-order valence-electron chi connectivity index (χ1n) is 11.1. The Hall–Kier alpha value is 0.440. The summed E-state index contributed by atoms with van der Waals surface area (Å²) in [7, 11) is 0. The molecule has 0 radical (unpaired) electrons. The van der Waals surface area contributed by atoms with Crippen molar-refractivity contribution in [1.29, 1.82) is 0 Å². The minimum atomic E-state index is -4.76. The van der Waals surface area contributed by atoms with Crippen molar-refractivity contribution in [2.45, 2.75) is 19.1 Å². The van der Waals surface area contributed by atoms with Gasteiger partial charge in [-0.15, -0.1) is 26.3 Å². The van der Waals surface area contributed by atoms with Gasteiger partial charge in [-0.05, 0) is 213 Å². The first-order chi connectivity index (χ1) is 19.0. The summed E-state index contributed by atoms with van der Waals surface area (Å²) in [6.07, 6.45) is -8.87. The van der Waals surface area contributed by atoms with Crippen molar-refractivity contribution >= 4 is 136 Å². The number of ether oxygens (including phenoxy) is 2. The maximum atomic E-state index is 12.7. The van der Waals surface area contributed by atoms with Crippen molar-refractivity contribution in [3.63, 3.8) is 0 Å². The van der Waals surface area contributed by atoms with Crippen LogP contribution in [0, 0.1) is 21.4 Å². The molecule has 0 fully saturated rings. The first-order valence-corrected chi connectivity index (χ1v) is 17.5. The van der Waals surface area contributed by atoms with E-state index >= 15 is 0 Å². The molecule has 216 valence electrons. The molecule has 0 saturated carbocycles. The van der Waals surface area contributed by atoms with E-state index in [-0.39, 0.29) is 11.5 Å². The summed E-state index contributed by atoms with van der Waals surface area (Å²) in [5.74, 6) is -0.479. The topological polar surface area (TPSA) is 18.5 Å². The van der Waals surface area contributed by atoms with Crippen molar-refractivity contribution in [3.05, 3.63) is 93.2 Å². The Morgan fingerprint density at radius 3 is 1.05 bits per heavy atom. The van der Waals surface area contributed by atoms with Crippen LogP contribution < -0.4 is 9.47 Å². The molecule has 0 aromatic heterocycles. The third-order valence-electron chi connectivity index (χ3n) is 5.50. The highest BCUT2D eigenvalue weighted by Crippen LogP contribution is 2.38.